The molecule has 2 amide bonds. The number of amides is 2. The molecule has 0 fully saturated rings. The van der Waals surface area contributed by atoms with Crippen LogP contribution in [0.4, 0.5) is 4.39 Å². The Morgan fingerprint density at radius 1 is 1.12 bits per heavy atom. The minimum atomic E-state index is -0.323. The summed E-state index contributed by atoms with van der Waals surface area (Å²) >= 11 is 1.68. The van der Waals surface area contributed by atoms with Gasteiger partial charge in [0.15, 0.2) is 0 Å². The predicted octanol–water partition coefficient (Wildman–Crippen LogP) is 4.94. The molecule has 7 heteroatoms. The van der Waals surface area contributed by atoms with E-state index in [4.69, 9.17) is 4.74 Å². The lowest BCUT2D eigenvalue weighted by molar-refractivity contribution is -0.135. The summed E-state index contributed by atoms with van der Waals surface area (Å²) in [5, 5.41) is 2.03. The summed E-state index contributed by atoms with van der Waals surface area (Å²) in [5.41, 5.74) is 1.66. The quantitative estimate of drug-likeness (QED) is 0.472. The van der Waals surface area contributed by atoms with Crippen LogP contribution in [0.25, 0.3) is 0 Å². The zero-order valence-corrected chi connectivity index (χ0v) is 19.4. The number of thiophene rings is 1. The lowest BCUT2D eigenvalue weighted by atomic mass is 10.0. The van der Waals surface area contributed by atoms with Crippen LogP contribution in [0, 0.1) is 5.82 Å². The molecule has 2 heterocycles. The summed E-state index contributed by atoms with van der Waals surface area (Å²) in [6.07, 6.45) is 1.55. The summed E-state index contributed by atoms with van der Waals surface area (Å²) in [6, 6.07) is 16.7. The van der Waals surface area contributed by atoms with Gasteiger partial charge in [-0.25, -0.2) is 4.39 Å². The monoisotopic (exact) mass is 466 g/mol. The Kier molecular flexibility index (Phi) is 7.40. The van der Waals surface area contributed by atoms with Gasteiger partial charge in [0.2, 0.25) is 5.91 Å². The van der Waals surface area contributed by atoms with Gasteiger partial charge in [-0.05, 0) is 66.2 Å². The lowest BCUT2D eigenvalue weighted by Gasteiger charge is -2.37. The molecular formula is C26H27FN2O3S. The molecule has 1 aromatic heterocycles. The number of carbonyl (C=O) groups excluding carboxylic acids is 2. The van der Waals surface area contributed by atoms with Crippen molar-refractivity contribution in [2.45, 2.75) is 25.8 Å². The fraction of sp³-hybridized carbons (Fsp3) is 0.308. The molecule has 0 saturated carbocycles. The first-order valence-corrected chi connectivity index (χ1v) is 12.0. The van der Waals surface area contributed by atoms with E-state index in [0.717, 1.165) is 18.4 Å². The van der Waals surface area contributed by atoms with E-state index >= 15 is 0 Å². The van der Waals surface area contributed by atoms with E-state index in [0.29, 0.717) is 24.4 Å². The van der Waals surface area contributed by atoms with E-state index < -0.39 is 0 Å². The second-order valence-electron chi connectivity index (χ2n) is 8.01. The molecule has 0 radical (unpaired) electrons. The molecular weight excluding hydrogens is 439 g/mol. The van der Waals surface area contributed by atoms with Gasteiger partial charge >= 0.3 is 0 Å². The van der Waals surface area contributed by atoms with Gasteiger partial charge in [0, 0.05) is 23.5 Å². The summed E-state index contributed by atoms with van der Waals surface area (Å²) in [4.78, 5) is 31.2. The molecule has 2 aromatic carbocycles. The van der Waals surface area contributed by atoms with Crippen molar-refractivity contribution in [3.8, 4) is 5.75 Å². The summed E-state index contributed by atoms with van der Waals surface area (Å²) in [6.45, 7) is 3.36. The van der Waals surface area contributed by atoms with Gasteiger partial charge in [0.05, 0.1) is 6.04 Å². The highest BCUT2D eigenvalue weighted by Crippen LogP contribution is 2.34. The number of halogens is 1. The molecule has 5 nitrogen and oxygen atoms in total. The Labute approximate surface area is 197 Å². The van der Waals surface area contributed by atoms with E-state index in [1.807, 2.05) is 41.5 Å². The first kappa shape index (κ1) is 23.0. The van der Waals surface area contributed by atoms with Crippen molar-refractivity contribution in [1.29, 1.82) is 0 Å². The number of hydrogen-bond acceptors (Lipinski definition) is 4. The number of ether oxygens (including phenoxy) is 1. The molecule has 1 aliphatic rings. The topological polar surface area (TPSA) is 49.9 Å². The Bertz CT molecular complexity index is 1080. The van der Waals surface area contributed by atoms with Gasteiger partial charge < -0.3 is 14.5 Å². The van der Waals surface area contributed by atoms with Gasteiger partial charge in [-0.1, -0.05) is 25.1 Å². The third-order valence-corrected chi connectivity index (χ3v) is 6.76. The molecule has 0 aliphatic carbocycles. The zero-order valence-electron chi connectivity index (χ0n) is 18.6. The van der Waals surface area contributed by atoms with Crippen molar-refractivity contribution in [1.82, 2.24) is 9.80 Å². The van der Waals surface area contributed by atoms with Crippen LogP contribution in [0.3, 0.4) is 0 Å². The average Bonchev–Trinajstić information content (AvgIpc) is 3.32. The van der Waals surface area contributed by atoms with Crippen molar-refractivity contribution in [2.75, 3.05) is 26.2 Å². The second-order valence-corrected chi connectivity index (χ2v) is 9.01. The Morgan fingerprint density at radius 3 is 2.61 bits per heavy atom. The van der Waals surface area contributed by atoms with Crippen LogP contribution in [0.2, 0.25) is 0 Å². The largest absolute Gasteiger partial charge is 0.491 e. The van der Waals surface area contributed by atoms with Crippen LogP contribution in [0.15, 0.2) is 66.0 Å². The Balaban J connectivity index is 1.51. The number of fused-ring (bicyclic) bond motifs is 1. The fourth-order valence-corrected chi connectivity index (χ4v) is 5.05. The minimum Gasteiger partial charge on any atom is -0.491 e. The van der Waals surface area contributed by atoms with E-state index in [9.17, 15) is 14.0 Å². The summed E-state index contributed by atoms with van der Waals surface area (Å²) < 4.78 is 19.2. The first-order valence-electron chi connectivity index (χ1n) is 11.1. The Hall–Kier alpha value is -3.19. The van der Waals surface area contributed by atoms with Crippen LogP contribution in [-0.4, -0.2) is 47.9 Å². The van der Waals surface area contributed by atoms with Gasteiger partial charge in [0.25, 0.3) is 5.91 Å². The number of nitrogens with zero attached hydrogens (tertiary/aromatic N) is 2. The van der Waals surface area contributed by atoms with Crippen LogP contribution in [0.1, 0.15) is 40.2 Å². The van der Waals surface area contributed by atoms with Gasteiger partial charge in [0.1, 0.15) is 24.7 Å². The van der Waals surface area contributed by atoms with Crippen molar-refractivity contribution in [3.05, 3.63) is 87.9 Å². The van der Waals surface area contributed by atoms with Crippen molar-refractivity contribution in [2.24, 2.45) is 0 Å². The molecule has 4 rings (SSSR count). The molecule has 1 atom stereocenters. The van der Waals surface area contributed by atoms with Crippen LogP contribution in [-0.2, 0) is 11.2 Å². The average molecular weight is 467 g/mol. The van der Waals surface area contributed by atoms with E-state index in [1.54, 1.807) is 40.5 Å². The minimum absolute atomic E-state index is 0.0219. The molecule has 0 spiro atoms. The molecule has 0 unspecified atom stereocenters. The standard InChI is InChI=1S/C26H27FN2O3S/c1-2-14-28(26(31)19-6-4-3-5-7-19)17-25(30)29-15-12-24-22(13-16-33-24)23(29)18-32-21-10-8-20(27)9-11-21/h3-11,13,16,23H,2,12,14-15,17-18H2,1H3/t23-/m0/s1. The van der Waals surface area contributed by atoms with Crippen LogP contribution >= 0.6 is 11.3 Å². The van der Waals surface area contributed by atoms with Crippen LogP contribution < -0.4 is 4.74 Å². The van der Waals surface area contributed by atoms with Gasteiger partial charge in [-0.3, -0.25) is 9.59 Å². The summed E-state index contributed by atoms with van der Waals surface area (Å²) in [5.74, 6) is -0.00973. The third-order valence-electron chi connectivity index (χ3n) is 5.76. The van der Waals surface area contributed by atoms with Crippen molar-refractivity contribution < 1.29 is 18.7 Å². The van der Waals surface area contributed by atoms with Gasteiger partial charge in [-0.15, -0.1) is 11.3 Å². The van der Waals surface area contributed by atoms with Crippen LogP contribution in [0.5, 0.6) is 5.75 Å². The maximum atomic E-state index is 13.4. The molecule has 0 N–H and O–H groups in total. The maximum absolute atomic E-state index is 13.4. The number of rotatable bonds is 8. The normalized spacial score (nSPS) is 15.1. The SMILES string of the molecule is CCCN(CC(=O)N1CCc2sccc2[C@@H]1COc1ccc(F)cc1)C(=O)c1ccccc1. The smallest absolute Gasteiger partial charge is 0.254 e. The van der Waals surface area contributed by atoms with E-state index in [2.05, 4.69) is 0 Å². The number of hydrogen-bond donors (Lipinski definition) is 0. The second kappa shape index (κ2) is 10.6. The number of carbonyl (C=O) groups is 2. The van der Waals surface area contributed by atoms with E-state index in [1.165, 1.54) is 17.0 Å². The highest BCUT2D eigenvalue weighted by atomic mass is 32.1. The zero-order chi connectivity index (χ0) is 23.2. The molecule has 33 heavy (non-hydrogen) atoms. The first-order chi connectivity index (χ1) is 16.1. The highest BCUT2D eigenvalue weighted by molar-refractivity contribution is 7.10. The number of benzene rings is 2. The predicted molar refractivity (Wildman–Crippen MR) is 127 cm³/mol. The fourth-order valence-electron chi connectivity index (χ4n) is 4.12. The molecule has 3 aromatic rings. The Morgan fingerprint density at radius 2 is 1.88 bits per heavy atom. The highest BCUT2D eigenvalue weighted by Gasteiger charge is 2.33. The van der Waals surface area contributed by atoms with E-state index in [-0.39, 0.29) is 36.8 Å². The molecule has 0 saturated heterocycles. The molecule has 1 aliphatic heterocycles. The maximum Gasteiger partial charge on any atom is 0.254 e. The van der Waals surface area contributed by atoms with Gasteiger partial charge in [-0.2, -0.15) is 0 Å². The lowest BCUT2D eigenvalue weighted by Crippen LogP contribution is -2.48. The van der Waals surface area contributed by atoms with Crippen molar-refractivity contribution in [3.63, 3.8) is 0 Å². The molecule has 172 valence electrons. The third kappa shape index (κ3) is 5.42. The van der Waals surface area contributed by atoms with Crippen molar-refractivity contribution >= 4 is 23.2 Å². The summed E-state index contributed by atoms with van der Waals surface area (Å²) in [7, 11) is 0. The molecule has 0 bridgehead atoms.